The second-order valence-electron chi connectivity index (χ2n) is 6.16. The van der Waals surface area contributed by atoms with Crippen molar-refractivity contribution in [3.05, 3.63) is 29.8 Å². The number of hydrogen-bond donors (Lipinski definition) is 1. The van der Waals surface area contributed by atoms with E-state index >= 15 is 0 Å². The second-order valence-corrected chi connectivity index (χ2v) is 6.16. The number of aryl methyl sites for hydroxylation is 1. The summed E-state index contributed by atoms with van der Waals surface area (Å²) >= 11 is 0. The molecule has 1 aliphatic heterocycles. The highest BCUT2D eigenvalue weighted by Crippen LogP contribution is 2.28. The lowest BCUT2D eigenvalue weighted by Gasteiger charge is -2.36. The van der Waals surface area contributed by atoms with E-state index in [1.54, 1.807) is 0 Å². The molecule has 0 spiro atoms. The third kappa shape index (κ3) is 3.97. The molecule has 2 nitrogen and oxygen atoms in total. The summed E-state index contributed by atoms with van der Waals surface area (Å²) in [7, 11) is 0. The molecule has 0 bridgehead atoms. The van der Waals surface area contributed by atoms with Crippen LogP contribution in [0.5, 0.6) is 0 Å². The van der Waals surface area contributed by atoms with E-state index in [4.69, 9.17) is 0 Å². The average molecular weight is 260 g/mol. The molecular weight excluding hydrogens is 232 g/mol. The summed E-state index contributed by atoms with van der Waals surface area (Å²) < 4.78 is 0. The van der Waals surface area contributed by atoms with Gasteiger partial charge in [0.2, 0.25) is 0 Å². The molecule has 1 N–H and O–H groups in total. The number of nitrogens with zero attached hydrogens (tertiary/aromatic N) is 1. The molecule has 0 saturated heterocycles. The molecule has 0 aliphatic carbocycles. The minimum Gasteiger partial charge on any atom is -0.369 e. The summed E-state index contributed by atoms with van der Waals surface area (Å²) in [6.45, 7) is 10.3. The molecule has 1 atom stereocenters. The number of hydrogen-bond acceptors (Lipinski definition) is 2. The number of fused-ring (bicyclic) bond motifs is 1. The molecule has 2 heteroatoms. The van der Waals surface area contributed by atoms with Crippen molar-refractivity contribution >= 4 is 5.69 Å². The Labute approximate surface area is 118 Å². The highest BCUT2D eigenvalue weighted by atomic mass is 15.2. The van der Waals surface area contributed by atoms with Crippen LogP contribution in [-0.4, -0.2) is 25.7 Å². The Morgan fingerprint density at radius 3 is 2.79 bits per heavy atom. The maximum atomic E-state index is 3.55. The number of benzene rings is 1. The summed E-state index contributed by atoms with van der Waals surface area (Å²) in [5.74, 6) is 0.742. The van der Waals surface area contributed by atoms with Gasteiger partial charge in [0.1, 0.15) is 0 Å². The Hall–Kier alpha value is -1.02. The molecule has 2 rings (SSSR count). The van der Waals surface area contributed by atoms with Gasteiger partial charge in [0.05, 0.1) is 0 Å². The summed E-state index contributed by atoms with van der Waals surface area (Å²) in [5.41, 5.74) is 2.99. The van der Waals surface area contributed by atoms with E-state index in [2.05, 4.69) is 55.3 Å². The largest absolute Gasteiger partial charge is 0.369 e. The maximum absolute atomic E-state index is 3.55. The first-order chi connectivity index (χ1) is 9.18. The van der Waals surface area contributed by atoms with E-state index in [-0.39, 0.29) is 0 Å². The average Bonchev–Trinajstić information content (AvgIpc) is 2.42. The molecule has 0 radical (unpaired) electrons. The number of para-hydroxylation sites is 1. The fourth-order valence-electron chi connectivity index (χ4n) is 2.88. The lowest BCUT2D eigenvalue weighted by atomic mass is 9.99. The van der Waals surface area contributed by atoms with Crippen LogP contribution in [0.2, 0.25) is 0 Å². The zero-order valence-corrected chi connectivity index (χ0v) is 12.7. The topological polar surface area (TPSA) is 15.3 Å². The SMILES string of the molecule is CC(C)CNCCC(C)N1CCCc2ccccc21. The molecule has 0 saturated carbocycles. The molecule has 1 unspecified atom stereocenters. The normalized spacial score (nSPS) is 16.5. The van der Waals surface area contributed by atoms with Gasteiger partial charge in [-0.3, -0.25) is 0 Å². The molecule has 1 aromatic carbocycles. The smallest absolute Gasteiger partial charge is 0.0401 e. The van der Waals surface area contributed by atoms with Crippen LogP contribution < -0.4 is 10.2 Å². The van der Waals surface area contributed by atoms with Gasteiger partial charge in [0, 0.05) is 18.3 Å². The highest BCUT2D eigenvalue weighted by Gasteiger charge is 2.20. The van der Waals surface area contributed by atoms with Gasteiger partial charge in [-0.15, -0.1) is 0 Å². The zero-order valence-electron chi connectivity index (χ0n) is 12.7. The molecule has 19 heavy (non-hydrogen) atoms. The number of nitrogens with one attached hydrogen (secondary N) is 1. The van der Waals surface area contributed by atoms with E-state index < -0.39 is 0 Å². The molecule has 1 aliphatic rings. The summed E-state index contributed by atoms with van der Waals surface area (Å²) in [6, 6.07) is 9.52. The first-order valence-electron chi connectivity index (χ1n) is 7.73. The number of rotatable bonds is 6. The van der Waals surface area contributed by atoms with E-state index in [9.17, 15) is 0 Å². The van der Waals surface area contributed by atoms with E-state index in [0.29, 0.717) is 6.04 Å². The van der Waals surface area contributed by atoms with Gasteiger partial charge in [-0.25, -0.2) is 0 Å². The van der Waals surface area contributed by atoms with Crippen LogP contribution in [0.3, 0.4) is 0 Å². The lowest BCUT2D eigenvalue weighted by Crippen LogP contribution is -2.39. The van der Waals surface area contributed by atoms with Crippen molar-refractivity contribution in [1.29, 1.82) is 0 Å². The Balaban J connectivity index is 1.88. The third-order valence-electron chi connectivity index (χ3n) is 3.97. The van der Waals surface area contributed by atoms with Crippen LogP contribution in [0.4, 0.5) is 5.69 Å². The molecule has 0 aromatic heterocycles. The Kier molecular flexibility index (Phi) is 5.26. The summed E-state index contributed by atoms with van der Waals surface area (Å²) in [4.78, 5) is 2.59. The second kappa shape index (κ2) is 6.95. The predicted octanol–water partition coefficient (Wildman–Crippen LogP) is 3.46. The highest BCUT2D eigenvalue weighted by molar-refractivity contribution is 5.56. The third-order valence-corrected chi connectivity index (χ3v) is 3.97. The van der Waals surface area contributed by atoms with Crippen LogP contribution in [0.1, 0.15) is 39.2 Å². The van der Waals surface area contributed by atoms with Crippen molar-refractivity contribution in [1.82, 2.24) is 5.32 Å². The standard InChI is InChI=1S/C17H28N2/c1-14(2)13-18-11-10-15(3)19-12-6-8-16-7-4-5-9-17(16)19/h4-5,7,9,14-15,18H,6,8,10-13H2,1-3H3. The van der Waals surface area contributed by atoms with E-state index in [1.165, 1.54) is 37.1 Å². The van der Waals surface area contributed by atoms with Crippen LogP contribution in [-0.2, 0) is 6.42 Å². The Morgan fingerprint density at radius 2 is 2.00 bits per heavy atom. The zero-order chi connectivity index (χ0) is 13.7. The fourth-order valence-corrected chi connectivity index (χ4v) is 2.88. The van der Waals surface area contributed by atoms with Crippen LogP contribution >= 0.6 is 0 Å². The molecule has 0 fully saturated rings. The van der Waals surface area contributed by atoms with Crippen molar-refractivity contribution < 1.29 is 0 Å². The minimum absolute atomic E-state index is 0.626. The fraction of sp³-hybridized carbons (Fsp3) is 0.647. The first-order valence-corrected chi connectivity index (χ1v) is 7.73. The van der Waals surface area contributed by atoms with Crippen molar-refractivity contribution in [2.45, 2.75) is 46.1 Å². The quantitative estimate of drug-likeness (QED) is 0.788. The van der Waals surface area contributed by atoms with Gasteiger partial charge in [0.25, 0.3) is 0 Å². The Bertz CT molecular complexity index is 387. The maximum Gasteiger partial charge on any atom is 0.0401 e. The Morgan fingerprint density at radius 1 is 1.21 bits per heavy atom. The lowest BCUT2D eigenvalue weighted by molar-refractivity contribution is 0.500. The van der Waals surface area contributed by atoms with Gasteiger partial charge < -0.3 is 10.2 Å². The van der Waals surface area contributed by atoms with Crippen molar-refractivity contribution in [3.63, 3.8) is 0 Å². The van der Waals surface area contributed by atoms with Crippen molar-refractivity contribution in [2.75, 3.05) is 24.5 Å². The molecule has 0 amide bonds. The van der Waals surface area contributed by atoms with Crippen LogP contribution in [0.25, 0.3) is 0 Å². The van der Waals surface area contributed by atoms with E-state index in [0.717, 1.165) is 19.0 Å². The van der Waals surface area contributed by atoms with Gasteiger partial charge in [0.15, 0.2) is 0 Å². The van der Waals surface area contributed by atoms with Crippen molar-refractivity contribution in [2.24, 2.45) is 5.92 Å². The monoisotopic (exact) mass is 260 g/mol. The summed E-state index contributed by atoms with van der Waals surface area (Å²) in [6.07, 6.45) is 3.76. The van der Waals surface area contributed by atoms with Gasteiger partial charge in [-0.2, -0.15) is 0 Å². The van der Waals surface area contributed by atoms with Gasteiger partial charge in [-0.1, -0.05) is 32.0 Å². The molecular formula is C17H28N2. The van der Waals surface area contributed by atoms with E-state index in [1.807, 2.05) is 0 Å². The number of anilines is 1. The minimum atomic E-state index is 0.626. The van der Waals surface area contributed by atoms with Crippen molar-refractivity contribution in [3.8, 4) is 0 Å². The molecule has 1 aromatic rings. The van der Waals surface area contributed by atoms with Gasteiger partial charge >= 0.3 is 0 Å². The molecule has 1 heterocycles. The van der Waals surface area contributed by atoms with Gasteiger partial charge in [-0.05, 0) is 56.8 Å². The summed E-state index contributed by atoms with van der Waals surface area (Å²) in [5, 5.41) is 3.55. The van der Waals surface area contributed by atoms with Crippen LogP contribution in [0, 0.1) is 5.92 Å². The predicted molar refractivity (Wildman–Crippen MR) is 83.9 cm³/mol. The first kappa shape index (κ1) is 14.4. The van der Waals surface area contributed by atoms with Crippen LogP contribution in [0.15, 0.2) is 24.3 Å². The molecule has 106 valence electrons.